The van der Waals surface area contributed by atoms with Gasteiger partial charge in [0.05, 0.1) is 43.3 Å². The van der Waals surface area contributed by atoms with Crippen molar-refractivity contribution in [3.63, 3.8) is 0 Å². The largest absolute Gasteiger partial charge is 0.489 e. The third kappa shape index (κ3) is 8.66. The van der Waals surface area contributed by atoms with Gasteiger partial charge in [-0.3, -0.25) is 9.69 Å². The van der Waals surface area contributed by atoms with Gasteiger partial charge in [0.2, 0.25) is 0 Å². The van der Waals surface area contributed by atoms with Gasteiger partial charge >= 0.3 is 6.18 Å². The highest BCUT2D eigenvalue weighted by molar-refractivity contribution is 5.95. The highest BCUT2D eigenvalue weighted by Gasteiger charge is 2.31. The van der Waals surface area contributed by atoms with Crippen molar-refractivity contribution in [1.29, 1.82) is 0 Å². The summed E-state index contributed by atoms with van der Waals surface area (Å²) in [6.07, 6.45) is -0.244. The Labute approximate surface area is 267 Å². The first-order valence-corrected chi connectivity index (χ1v) is 15.7. The highest BCUT2D eigenvalue weighted by atomic mass is 19.4. The molecule has 1 aliphatic carbocycles. The van der Waals surface area contributed by atoms with E-state index in [4.69, 9.17) is 14.2 Å². The Kier molecular flexibility index (Phi) is 11.3. The van der Waals surface area contributed by atoms with Crippen LogP contribution < -0.4 is 20.7 Å². The van der Waals surface area contributed by atoms with Crippen molar-refractivity contribution < 1.29 is 32.2 Å². The highest BCUT2D eigenvalue weighted by Crippen LogP contribution is 2.33. The molecule has 1 saturated carbocycles. The second-order valence-electron chi connectivity index (χ2n) is 11.6. The molecule has 5 rings (SSSR count). The third-order valence-corrected chi connectivity index (χ3v) is 8.50. The molecular formula is C34H42F3N5O4. The minimum Gasteiger partial charge on any atom is -0.489 e. The summed E-state index contributed by atoms with van der Waals surface area (Å²) >= 11 is 0. The number of hydrogen-bond acceptors (Lipinski definition) is 7. The number of hydrogen-bond donors (Lipinski definition) is 3. The van der Waals surface area contributed by atoms with E-state index in [2.05, 4.69) is 32.7 Å². The van der Waals surface area contributed by atoms with Crippen LogP contribution in [0, 0.1) is 11.8 Å². The fourth-order valence-electron chi connectivity index (χ4n) is 6.19. The van der Waals surface area contributed by atoms with Gasteiger partial charge in [-0.2, -0.15) is 13.2 Å². The Balaban J connectivity index is 1.32. The Morgan fingerprint density at radius 1 is 1.04 bits per heavy atom. The van der Waals surface area contributed by atoms with Crippen molar-refractivity contribution in [2.24, 2.45) is 0 Å². The molecule has 0 spiro atoms. The van der Waals surface area contributed by atoms with E-state index in [9.17, 15) is 18.0 Å². The standard InChI is InChI=1S/C34H42F3N5O4/c1-38-33(43)24-8-13-30(32(21-24)46-20-19-44-2)39-14-4-5-27-22-28-29(6-3-7-31(28)42(27)23-34(35,36)37)40-25-9-11-26(12-10-25)41-15-17-45-18-16-41/h3,6-8,13,21-22,25-26,39-40H,9-12,14-20,23H2,1-2H3,(H,38,43)/t25-,26-. The van der Waals surface area contributed by atoms with Crippen LogP contribution >= 0.6 is 0 Å². The summed E-state index contributed by atoms with van der Waals surface area (Å²) in [6.45, 7) is 3.16. The summed E-state index contributed by atoms with van der Waals surface area (Å²) in [7, 11) is 3.11. The summed E-state index contributed by atoms with van der Waals surface area (Å²) < 4.78 is 58.8. The van der Waals surface area contributed by atoms with Crippen LogP contribution in [-0.4, -0.2) is 93.9 Å². The van der Waals surface area contributed by atoms with Crippen molar-refractivity contribution >= 4 is 28.2 Å². The minimum atomic E-state index is -4.41. The summed E-state index contributed by atoms with van der Waals surface area (Å²) in [4.78, 5) is 14.6. The number of amides is 1. The molecule has 3 N–H and O–H groups in total. The van der Waals surface area contributed by atoms with Crippen LogP contribution in [0.15, 0.2) is 42.5 Å². The molecule has 248 valence electrons. The predicted molar refractivity (Wildman–Crippen MR) is 173 cm³/mol. The Bertz CT molecular complexity index is 1530. The molecule has 2 aromatic carbocycles. The average Bonchev–Trinajstić information content (AvgIpc) is 3.40. The molecule has 9 nitrogen and oxygen atoms in total. The number of halogens is 3. The van der Waals surface area contributed by atoms with E-state index >= 15 is 0 Å². The Hall–Kier alpha value is -3.92. The molecule has 0 unspecified atom stereocenters. The third-order valence-electron chi connectivity index (χ3n) is 8.50. The lowest BCUT2D eigenvalue weighted by Gasteiger charge is -2.39. The van der Waals surface area contributed by atoms with Crippen LogP contribution in [-0.2, 0) is 16.0 Å². The summed E-state index contributed by atoms with van der Waals surface area (Å²) in [5.41, 5.74) is 2.62. The lowest BCUT2D eigenvalue weighted by atomic mass is 9.89. The van der Waals surface area contributed by atoms with E-state index in [0.717, 1.165) is 63.1 Å². The van der Waals surface area contributed by atoms with Crippen molar-refractivity contribution in [3.05, 3.63) is 53.7 Å². The van der Waals surface area contributed by atoms with E-state index in [1.54, 1.807) is 50.6 Å². The Morgan fingerprint density at radius 2 is 1.83 bits per heavy atom. The molecule has 1 saturated heterocycles. The molecule has 0 bridgehead atoms. The summed E-state index contributed by atoms with van der Waals surface area (Å²) in [5, 5.41) is 10.1. The van der Waals surface area contributed by atoms with Gasteiger partial charge in [0.1, 0.15) is 18.9 Å². The number of benzene rings is 2. The number of ether oxygens (including phenoxy) is 3. The molecule has 0 atom stereocenters. The van der Waals surface area contributed by atoms with Crippen LogP contribution in [0.25, 0.3) is 10.9 Å². The van der Waals surface area contributed by atoms with Gasteiger partial charge < -0.3 is 34.7 Å². The van der Waals surface area contributed by atoms with Crippen molar-refractivity contribution in [2.45, 2.75) is 50.5 Å². The first-order chi connectivity index (χ1) is 22.3. The van der Waals surface area contributed by atoms with Crippen molar-refractivity contribution in [2.75, 3.05) is 70.9 Å². The maximum absolute atomic E-state index is 13.7. The zero-order valence-corrected chi connectivity index (χ0v) is 26.3. The molecule has 1 aromatic heterocycles. The second kappa shape index (κ2) is 15.6. The number of carbonyl (C=O) groups is 1. The number of fused-ring (bicyclic) bond motifs is 1. The van der Waals surface area contributed by atoms with Gasteiger partial charge in [0, 0.05) is 56.0 Å². The number of rotatable bonds is 11. The van der Waals surface area contributed by atoms with E-state index in [1.165, 1.54) is 4.57 Å². The van der Waals surface area contributed by atoms with Gasteiger partial charge in [-0.1, -0.05) is 12.0 Å². The van der Waals surface area contributed by atoms with Crippen LogP contribution in [0.3, 0.4) is 0 Å². The fourth-order valence-corrected chi connectivity index (χ4v) is 6.19. The number of anilines is 2. The molecule has 12 heteroatoms. The SMILES string of the molecule is CNC(=O)c1ccc(NCC#Cc2cc3c(N[C@H]4CC[C@H](N5CCOCC5)CC4)cccc3n2CC(F)(F)F)c(OCCOC)c1. The van der Waals surface area contributed by atoms with Gasteiger partial charge in [-0.05, 0) is 68.0 Å². The average molecular weight is 642 g/mol. The molecule has 0 radical (unpaired) electrons. The second-order valence-corrected chi connectivity index (χ2v) is 11.6. The normalized spacial score (nSPS) is 18.9. The first-order valence-electron chi connectivity index (χ1n) is 15.7. The number of alkyl halides is 3. The van der Waals surface area contributed by atoms with E-state index in [1.807, 2.05) is 6.07 Å². The smallest absolute Gasteiger partial charge is 0.406 e. The van der Waals surface area contributed by atoms with E-state index in [-0.39, 0.29) is 30.8 Å². The van der Waals surface area contributed by atoms with Gasteiger partial charge in [0.15, 0.2) is 0 Å². The first kappa shape index (κ1) is 33.4. The summed E-state index contributed by atoms with van der Waals surface area (Å²) in [6, 6.07) is 13.0. The zero-order valence-electron chi connectivity index (χ0n) is 26.3. The van der Waals surface area contributed by atoms with Gasteiger partial charge in [0.25, 0.3) is 5.91 Å². The molecule has 2 aliphatic rings. The topological polar surface area (TPSA) is 89.0 Å². The predicted octanol–water partition coefficient (Wildman–Crippen LogP) is 5.11. The van der Waals surface area contributed by atoms with Crippen LogP contribution in [0.4, 0.5) is 24.5 Å². The number of aromatic nitrogens is 1. The van der Waals surface area contributed by atoms with Gasteiger partial charge in [-0.25, -0.2) is 0 Å². The molecule has 1 aliphatic heterocycles. The van der Waals surface area contributed by atoms with Crippen LogP contribution in [0.1, 0.15) is 41.7 Å². The number of nitrogens with one attached hydrogen (secondary N) is 3. The number of morpholine rings is 1. The number of nitrogens with zero attached hydrogens (tertiary/aromatic N) is 2. The monoisotopic (exact) mass is 641 g/mol. The van der Waals surface area contributed by atoms with Crippen molar-refractivity contribution in [1.82, 2.24) is 14.8 Å². The lowest BCUT2D eigenvalue weighted by molar-refractivity contribution is -0.140. The van der Waals surface area contributed by atoms with Gasteiger partial charge in [-0.15, -0.1) is 0 Å². The molecule has 1 amide bonds. The van der Waals surface area contributed by atoms with Crippen LogP contribution in [0.5, 0.6) is 5.75 Å². The minimum absolute atomic E-state index is 0.144. The molecule has 2 fully saturated rings. The van der Waals surface area contributed by atoms with E-state index < -0.39 is 12.7 Å². The molecular weight excluding hydrogens is 599 g/mol. The molecule has 46 heavy (non-hydrogen) atoms. The van der Waals surface area contributed by atoms with E-state index in [0.29, 0.717) is 35.2 Å². The zero-order chi connectivity index (χ0) is 32.5. The molecule has 3 aromatic rings. The van der Waals surface area contributed by atoms with Crippen molar-refractivity contribution in [3.8, 4) is 17.6 Å². The maximum atomic E-state index is 13.7. The summed E-state index contributed by atoms with van der Waals surface area (Å²) in [5.74, 6) is 6.13. The number of carbonyl (C=O) groups excluding carboxylic acids is 1. The lowest BCUT2D eigenvalue weighted by Crippen LogP contribution is -2.46. The molecule has 2 heterocycles. The maximum Gasteiger partial charge on any atom is 0.406 e. The van der Waals surface area contributed by atoms with Crippen LogP contribution in [0.2, 0.25) is 0 Å². The number of methoxy groups -OCH3 is 1. The quantitative estimate of drug-likeness (QED) is 0.198. The Morgan fingerprint density at radius 3 is 2.54 bits per heavy atom. The fraction of sp³-hybridized carbons (Fsp3) is 0.500.